The van der Waals surface area contributed by atoms with E-state index in [9.17, 15) is 31.2 Å². The van der Waals surface area contributed by atoms with Crippen LogP contribution in [0.5, 0.6) is 0 Å². The van der Waals surface area contributed by atoms with E-state index in [-0.39, 0.29) is 23.5 Å². The predicted octanol–water partition coefficient (Wildman–Crippen LogP) is 2.55. The summed E-state index contributed by atoms with van der Waals surface area (Å²) in [6, 6.07) is 7.69. The van der Waals surface area contributed by atoms with Crippen LogP contribution in [0.4, 0.5) is 24.5 Å². The summed E-state index contributed by atoms with van der Waals surface area (Å²) in [5, 5.41) is 4.88. The first-order valence-corrected chi connectivity index (χ1v) is 10.1. The van der Waals surface area contributed by atoms with Crippen molar-refractivity contribution in [2.75, 3.05) is 17.2 Å². The van der Waals surface area contributed by atoms with E-state index in [1.807, 2.05) is 0 Å². The molecule has 1 heterocycles. The highest BCUT2D eigenvalue weighted by Gasteiger charge is 2.37. The Bertz CT molecular complexity index is 1090. The van der Waals surface area contributed by atoms with Gasteiger partial charge in [-0.3, -0.25) is 4.79 Å². The first-order valence-electron chi connectivity index (χ1n) is 8.59. The maximum Gasteiger partial charge on any atom is 0.416 e. The molecule has 3 rings (SSSR count). The molecule has 2 aromatic carbocycles. The number of anilines is 2. The lowest BCUT2D eigenvalue weighted by atomic mass is 10.2. The standard InChI is InChI=1S/C18H16F3N3O5S/c1-2-29-17(26)10-3-6-12(7-4-10)22-16(25)15-23-13-9-11(18(19,20)21)5-8-14(13)30(27,28)24-15/h3-9,15,23-24H,2H2,1H3,(H,22,25). The minimum absolute atomic E-state index is 0.197. The van der Waals surface area contributed by atoms with E-state index in [0.717, 1.165) is 6.07 Å². The summed E-state index contributed by atoms with van der Waals surface area (Å²) in [6.07, 6.45) is -6.22. The van der Waals surface area contributed by atoms with Crippen molar-refractivity contribution in [2.45, 2.75) is 24.2 Å². The van der Waals surface area contributed by atoms with Crippen molar-refractivity contribution in [3.8, 4) is 0 Å². The first kappa shape index (κ1) is 21.6. The SMILES string of the molecule is CCOC(=O)c1ccc(NC(=O)C2Nc3cc(C(F)(F)F)ccc3S(=O)(=O)N2)cc1. The van der Waals surface area contributed by atoms with Gasteiger partial charge in [0.05, 0.1) is 23.4 Å². The van der Waals surface area contributed by atoms with E-state index >= 15 is 0 Å². The number of alkyl halides is 3. The van der Waals surface area contributed by atoms with Crippen LogP contribution in [0.25, 0.3) is 0 Å². The van der Waals surface area contributed by atoms with Crippen molar-refractivity contribution < 1.29 is 35.9 Å². The average molecular weight is 443 g/mol. The highest BCUT2D eigenvalue weighted by atomic mass is 32.2. The summed E-state index contributed by atoms with van der Waals surface area (Å²) >= 11 is 0. The van der Waals surface area contributed by atoms with Crippen LogP contribution in [-0.4, -0.2) is 33.1 Å². The van der Waals surface area contributed by atoms with Crippen LogP contribution < -0.4 is 15.4 Å². The number of hydrogen-bond acceptors (Lipinski definition) is 6. The van der Waals surface area contributed by atoms with E-state index in [1.165, 1.54) is 24.3 Å². The molecule has 0 radical (unpaired) electrons. The van der Waals surface area contributed by atoms with Gasteiger partial charge in [-0.25, -0.2) is 13.2 Å². The van der Waals surface area contributed by atoms with E-state index in [2.05, 4.69) is 15.4 Å². The Kier molecular flexibility index (Phi) is 5.72. The zero-order valence-electron chi connectivity index (χ0n) is 15.4. The number of amides is 1. The number of rotatable bonds is 4. The van der Waals surface area contributed by atoms with Crippen molar-refractivity contribution in [2.24, 2.45) is 0 Å². The Balaban J connectivity index is 1.79. The van der Waals surface area contributed by atoms with Gasteiger partial charge in [0.1, 0.15) is 4.90 Å². The van der Waals surface area contributed by atoms with Gasteiger partial charge in [0, 0.05) is 5.69 Å². The third-order valence-corrected chi connectivity index (χ3v) is 5.58. The maximum absolute atomic E-state index is 12.9. The molecule has 3 N–H and O–H groups in total. The van der Waals surface area contributed by atoms with Crippen molar-refractivity contribution in [1.82, 2.24) is 4.72 Å². The molecule has 160 valence electrons. The van der Waals surface area contributed by atoms with E-state index in [4.69, 9.17) is 4.74 Å². The smallest absolute Gasteiger partial charge is 0.416 e. The third kappa shape index (κ3) is 4.54. The number of carbonyl (C=O) groups is 2. The topological polar surface area (TPSA) is 114 Å². The van der Waals surface area contributed by atoms with Gasteiger partial charge in [-0.2, -0.15) is 17.9 Å². The third-order valence-electron chi connectivity index (χ3n) is 4.10. The number of esters is 1. The number of carbonyl (C=O) groups excluding carboxylic acids is 2. The van der Waals surface area contributed by atoms with Gasteiger partial charge in [-0.15, -0.1) is 0 Å². The summed E-state index contributed by atoms with van der Waals surface area (Å²) in [7, 11) is -4.22. The van der Waals surface area contributed by atoms with Gasteiger partial charge in [0.2, 0.25) is 10.0 Å². The number of nitrogens with one attached hydrogen (secondary N) is 3. The molecular weight excluding hydrogens is 427 g/mol. The zero-order chi connectivity index (χ0) is 22.1. The van der Waals surface area contributed by atoms with Crippen LogP contribution in [0.2, 0.25) is 0 Å². The molecule has 1 unspecified atom stereocenters. The summed E-state index contributed by atoms with van der Waals surface area (Å²) in [4.78, 5) is 23.7. The molecule has 30 heavy (non-hydrogen) atoms. The lowest BCUT2D eigenvalue weighted by molar-refractivity contribution is -0.137. The molecule has 0 aromatic heterocycles. The van der Waals surface area contributed by atoms with Crippen LogP contribution in [0.3, 0.4) is 0 Å². The van der Waals surface area contributed by atoms with Gasteiger partial charge in [0.25, 0.3) is 5.91 Å². The molecule has 1 aliphatic rings. The predicted molar refractivity (Wildman–Crippen MR) is 100 cm³/mol. The second-order valence-electron chi connectivity index (χ2n) is 6.19. The Labute approximate surface area is 169 Å². The Hall–Kier alpha value is -3.12. The van der Waals surface area contributed by atoms with E-state index in [0.29, 0.717) is 12.1 Å². The number of sulfonamides is 1. The Morgan fingerprint density at radius 1 is 1.13 bits per heavy atom. The van der Waals surface area contributed by atoms with Gasteiger partial charge in [-0.1, -0.05) is 0 Å². The highest BCUT2D eigenvalue weighted by Crippen LogP contribution is 2.35. The van der Waals surface area contributed by atoms with Crippen molar-refractivity contribution >= 4 is 33.3 Å². The number of benzene rings is 2. The maximum atomic E-state index is 12.9. The lowest BCUT2D eigenvalue weighted by Crippen LogP contribution is -2.51. The minimum Gasteiger partial charge on any atom is -0.462 e. The summed E-state index contributed by atoms with van der Waals surface area (Å²) in [6.45, 7) is 1.85. The fourth-order valence-corrected chi connectivity index (χ4v) is 3.95. The fourth-order valence-electron chi connectivity index (χ4n) is 2.69. The van der Waals surface area contributed by atoms with Crippen LogP contribution >= 0.6 is 0 Å². The molecule has 2 aromatic rings. The molecule has 1 aliphatic heterocycles. The molecule has 1 atom stereocenters. The molecule has 1 amide bonds. The Morgan fingerprint density at radius 2 is 1.80 bits per heavy atom. The lowest BCUT2D eigenvalue weighted by Gasteiger charge is -2.27. The van der Waals surface area contributed by atoms with E-state index in [1.54, 1.807) is 6.92 Å². The zero-order valence-corrected chi connectivity index (χ0v) is 16.2. The van der Waals surface area contributed by atoms with Crippen LogP contribution in [-0.2, 0) is 25.7 Å². The van der Waals surface area contributed by atoms with Gasteiger partial charge in [0.15, 0.2) is 6.17 Å². The van der Waals surface area contributed by atoms with Crippen molar-refractivity contribution in [3.05, 3.63) is 53.6 Å². The van der Waals surface area contributed by atoms with Crippen molar-refractivity contribution in [3.63, 3.8) is 0 Å². The average Bonchev–Trinajstić information content (AvgIpc) is 2.67. The monoisotopic (exact) mass is 443 g/mol. The molecule has 8 nitrogen and oxygen atoms in total. The molecule has 0 fully saturated rings. The van der Waals surface area contributed by atoms with Crippen LogP contribution in [0.1, 0.15) is 22.8 Å². The molecule has 0 saturated heterocycles. The number of halogens is 3. The molecule has 0 bridgehead atoms. The largest absolute Gasteiger partial charge is 0.462 e. The number of ether oxygens (including phenoxy) is 1. The fraction of sp³-hybridized carbons (Fsp3) is 0.222. The summed E-state index contributed by atoms with van der Waals surface area (Å²) < 4.78 is 70.3. The minimum atomic E-state index is -4.68. The molecule has 0 aliphatic carbocycles. The van der Waals surface area contributed by atoms with E-state index < -0.39 is 44.7 Å². The van der Waals surface area contributed by atoms with Crippen LogP contribution in [0.15, 0.2) is 47.4 Å². The molecule has 0 spiro atoms. The normalized spacial score (nSPS) is 17.4. The molecule has 0 saturated carbocycles. The second kappa shape index (κ2) is 7.95. The first-order chi connectivity index (χ1) is 14.0. The quantitative estimate of drug-likeness (QED) is 0.626. The highest BCUT2D eigenvalue weighted by molar-refractivity contribution is 7.89. The van der Waals surface area contributed by atoms with Gasteiger partial charge < -0.3 is 15.4 Å². The van der Waals surface area contributed by atoms with Gasteiger partial charge >= 0.3 is 12.1 Å². The molecular formula is C18H16F3N3O5S. The second-order valence-corrected chi connectivity index (χ2v) is 7.88. The summed E-state index contributed by atoms with van der Waals surface area (Å²) in [5.41, 5.74) is -0.912. The molecule has 12 heteroatoms. The number of hydrogen-bond donors (Lipinski definition) is 3. The Morgan fingerprint density at radius 3 is 2.40 bits per heavy atom. The number of fused-ring (bicyclic) bond motifs is 1. The van der Waals surface area contributed by atoms with Gasteiger partial charge in [-0.05, 0) is 49.4 Å². The summed E-state index contributed by atoms with van der Waals surface area (Å²) in [5.74, 6) is -1.40. The van der Waals surface area contributed by atoms with Crippen LogP contribution in [0, 0.1) is 0 Å². The van der Waals surface area contributed by atoms with Crippen molar-refractivity contribution in [1.29, 1.82) is 0 Å².